The fraction of sp³-hybridized carbons (Fsp3) is 0.207. The number of esters is 1. The monoisotopic (exact) mass is 591 g/mol. The van der Waals surface area contributed by atoms with E-state index in [4.69, 9.17) is 23.7 Å². The van der Waals surface area contributed by atoms with Crippen LogP contribution in [0.1, 0.15) is 12.5 Å². The lowest BCUT2D eigenvalue weighted by Crippen LogP contribution is -2.20. The van der Waals surface area contributed by atoms with E-state index in [-0.39, 0.29) is 28.9 Å². The molecule has 12 nitrogen and oxygen atoms in total. The molecule has 13 heteroatoms. The number of ether oxygens (including phenoxy) is 5. The second-order valence-corrected chi connectivity index (χ2v) is 9.44. The highest BCUT2D eigenvalue weighted by atomic mass is 32.2. The summed E-state index contributed by atoms with van der Waals surface area (Å²) in [6, 6.07) is 18.1. The van der Waals surface area contributed by atoms with Crippen molar-refractivity contribution in [2.75, 3.05) is 34.2 Å². The minimum absolute atomic E-state index is 0.0201. The molecule has 0 atom stereocenters. The smallest absolute Gasteiger partial charge is 0.308 e. The summed E-state index contributed by atoms with van der Waals surface area (Å²) < 4.78 is 28.2. The maximum absolute atomic E-state index is 12.7. The fourth-order valence-electron chi connectivity index (χ4n) is 3.81. The molecule has 0 radical (unpaired) electrons. The van der Waals surface area contributed by atoms with E-state index in [2.05, 4.69) is 20.7 Å². The van der Waals surface area contributed by atoms with Crippen molar-refractivity contribution in [1.82, 2.24) is 20.2 Å². The average Bonchev–Trinajstić information content (AvgIpc) is 3.44. The largest absolute Gasteiger partial charge is 0.497 e. The third-order valence-corrected chi connectivity index (χ3v) is 6.71. The number of benzene rings is 3. The molecule has 0 aliphatic carbocycles. The van der Waals surface area contributed by atoms with Gasteiger partial charge in [0, 0.05) is 23.7 Å². The highest BCUT2D eigenvalue weighted by Crippen LogP contribution is 2.38. The zero-order valence-electron chi connectivity index (χ0n) is 23.6. The predicted molar refractivity (Wildman–Crippen MR) is 157 cm³/mol. The highest BCUT2D eigenvalue weighted by molar-refractivity contribution is 7.99. The van der Waals surface area contributed by atoms with Gasteiger partial charge in [0.25, 0.3) is 5.91 Å². The van der Waals surface area contributed by atoms with Gasteiger partial charge >= 0.3 is 5.97 Å². The van der Waals surface area contributed by atoms with E-state index in [9.17, 15) is 9.59 Å². The zero-order chi connectivity index (χ0) is 30.1. The number of aromatic nitrogens is 3. The summed E-state index contributed by atoms with van der Waals surface area (Å²) in [4.78, 5) is 24.1. The van der Waals surface area contributed by atoms with Crippen LogP contribution < -0.4 is 29.1 Å². The number of amides is 1. The van der Waals surface area contributed by atoms with E-state index in [1.807, 2.05) is 53.1 Å². The molecule has 0 bridgehead atoms. The number of hydrogen-bond donors (Lipinski definition) is 1. The van der Waals surface area contributed by atoms with Gasteiger partial charge in [0.05, 0.1) is 40.4 Å². The first-order valence-electron chi connectivity index (χ1n) is 12.5. The Morgan fingerprint density at radius 2 is 1.48 bits per heavy atom. The molecule has 0 saturated heterocycles. The number of methoxy groups -OCH3 is 4. The van der Waals surface area contributed by atoms with Gasteiger partial charge in [0.2, 0.25) is 5.75 Å². The van der Waals surface area contributed by atoms with Crippen molar-refractivity contribution in [2.24, 2.45) is 5.10 Å². The van der Waals surface area contributed by atoms with Crippen LogP contribution in [0.2, 0.25) is 0 Å². The maximum Gasteiger partial charge on any atom is 0.308 e. The van der Waals surface area contributed by atoms with E-state index in [1.54, 1.807) is 26.4 Å². The lowest BCUT2D eigenvalue weighted by atomic mass is 10.2. The minimum atomic E-state index is -0.517. The fourth-order valence-corrected chi connectivity index (χ4v) is 4.56. The number of hydrazone groups is 1. The number of thioether (sulfide) groups is 1. The van der Waals surface area contributed by atoms with E-state index >= 15 is 0 Å². The Hall–Kier alpha value is -5.04. The summed E-state index contributed by atoms with van der Waals surface area (Å²) in [5, 5.41) is 13.3. The van der Waals surface area contributed by atoms with Crippen LogP contribution in [0.5, 0.6) is 28.7 Å². The molecule has 42 heavy (non-hydrogen) atoms. The standard InChI is InChI=1S/C29H29N5O7S/c1-18(35)41-27-24(39-4)14-19(15-25(27)40-5)16-30-31-26(36)17-42-29-33-32-28(20-6-10-22(37-2)11-7-20)34(29)21-8-12-23(38-3)13-9-21/h6-16H,17H2,1-5H3,(H,31,36). The second kappa shape index (κ2) is 14.0. The molecule has 1 aromatic heterocycles. The Balaban J connectivity index is 1.50. The van der Waals surface area contributed by atoms with Gasteiger partial charge in [0.1, 0.15) is 11.5 Å². The van der Waals surface area contributed by atoms with Gasteiger partial charge in [-0.05, 0) is 60.7 Å². The summed E-state index contributed by atoms with van der Waals surface area (Å²) in [7, 11) is 6.08. The van der Waals surface area contributed by atoms with Crippen molar-refractivity contribution in [3.05, 3.63) is 66.2 Å². The van der Waals surface area contributed by atoms with Crippen LogP contribution in [-0.4, -0.2) is 67.0 Å². The summed E-state index contributed by atoms with van der Waals surface area (Å²) in [5.74, 6) is 1.88. The number of nitrogens with zero attached hydrogens (tertiary/aromatic N) is 4. The summed E-state index contributed by atoms with van der Waals surface area (Å²) in [6.45, 7) is 1.28. The van der Waals surface area contributed by atoms with Crippen LogP contribution in [0.3, 0.4) is 0 Å². The first kappa shape index (κ1) is 29.9. The Kier molecular flexibility index (Phi) is 10.0. The van der Waals surface area contributed by atoms with Crippen LogP contribution in [0, 0.1) is 0 Å². The number of carbonyl (C=O) groups is 2. The van der Waals surface area contributed by atoms with Crippen molar-refractivity contribution in [3.63, 3.8) is 0 Å². The third-order valence-electron chi connectivity index (χ3n) is 5.78. The Morgan fingerprint density at radius 1 is 0.881 bits per heavy atom. The van der Waals surface area contributed by atoms with Gasteiger partial charge in [-0.1, -0.05) is 11.8 Å². The molecule has 0 spiro atoms. The minimum Gasteiger partial charge on any atom is -0.497 e. The molecule has 0 saturated carbocycles. The van der Waals surface area contributed by atoms with Crippen LogP contribution >= 0.6 is 11.8 Å². The van der Waals surface area contributed by atoms with E-state index in [0.717, 1.165) is 17.0 Å². The molecule has 0 fully saturated rings. The van der Waals surface area contributed by atoms with Gasteiger partial charge in [0.15, 0.2) is 22.5 Å². The van der Waals surface area contributed by atoms with Gasteiger partial charge in [-0.2, -0.15) is 5.10 Å². The molecular formula is C29H29N5O7S. The molecule has 1 amide bonds. The molecule has 0 aliphatic heterocycles. The van der Waals surface area contributed by atoms with Crippen LogP contribution in [0.15, 0.2) is 70.9 Å². The maximum atomic E-state index is 12.7. The SMILES string of the molecule is COc1ccc(-c2nnc(SCC(=O)NN=Cc3cc(OC)c(OC(C)=O)c(OC)c3)n2-c2ccc(OC)cc2)cc1. The number of rotatable bonds is 12. The second-order valence-electron chi connectivity index (χ2n) is 8.50. The van der Waals surface area contributed by atoms with Crippen LogP contribution in [-0.2, 0) is 9.59 Å². The van der Waals surface area contributed by atoms with Gasteiger partial charge in [-0.15, -0.1) is 10.2 Å². The molecule has 4 rings (SSSR count). The van der Waals surface area contributed by atoms with E-state index < -0.39 is 5.97 Å². The van der Waals surface area contributed by atoms with E-state index in [1.165, 1.54) is 39.1 Å². The average molecular weight is 592 g/mol. The first-order chi connectivity index (χ1) is 20.4. The van der Waals surface area contributed by atoms with Crippen molar-refractivity contribution >= 4 is 29.9 Å². The number of carbonyl (C=O) groups excluding carboxylic acids is 2. The molecular weight excluding hydrogens is 562 g/mol. The quantitative estimate of drug-likeness (QED) is 0.0842. The molecule has 1 heterocycles. The molecule has 0 unspecified atom stereocenters. The van der Waals surface area contributed by atoms with E-state index in [0.29, 0.717) is 22.3 Å². The topological polar surface area (TPSA) is 135 Å². The zero-order valence-corrected chi connectivity index (χ0v) is 24.4. The molecule has 218 valence electrons. The van der Waals surface area contributed by atoms with Crippen molar-refractivity contribution in [1.29, 1.82) is 0 Å². The Bertz CT molecular complexity index is 1550. The normalized spacial score (nSPS) is 10.8. The number of nitrogens with one attached hydrogen (secondary N) is 1. The lowest BCUT2D eigenvalue weighted by molar-refractivity contribution is -0.132. The highest BCUT2D eigenvalue weighted by Gasteiger charge is 2.18. The van der Waals surface area contributed by atoms with Gasteiger partial charge in [-0.25, -0.2) is 5.43 Å². The van der Waals surface area contributed by atoms with Gasteiger partial charge in [-0.3, -0.25) is 14.2 Å². The molecule has 4 aromatic rings. The van der Waals surface area contributed by atoms with Crippen molar-refractivity contribution < 1.29 is 33.3 Å². The van der Waals surface area contributed by atoms with Crippen LogP contribution in [0.25, 0.3) is 17.1 Å². The third kappa shape index (κ3) is 7.18. The summed E-state index contributed by atoms with van der Waals surface area (Å²) in [5.41, 5.74) is 4.68. The Labute approximate surface area is 246 Å². The predicted octanol–water partition coefficient (Wildman–Crippen LogP) is 4.14. The van der Waals surface area contributed by atoms with Crippen LogP contribution in [0.4, 0.5) is 0 Å². The summed E-state index contributed by atoms with van der Waals surface area (Å²) in [6.07, 6.45) is 1.42. The number of hydrogen-bond acceptors (Lipinski definition) is 11. The van der Waals surface area contributed by atoms with Crippen molar-refractivity contribution in [3.8, 4) is 45.8 Å². The summed E-state index contributed by atoms with van der Waals surface area (Å²) >= 11 is 1.21. The molecule has 1 N–H and O–H groups in total. The molecule has 0 aliphatic rings. The Morgan fingerprint density at radius 3 is 2.02 bits per heavy atom. The van der Waals surface area contributed by atoms with Gasteiger partial charge < -0.3 is 23.7 Å². The first-order valence-corrected chi connectivity index (χ1v) is 13.5. The molecule has 3 aromatic carbocycles. The van der Waals surface area contributed by atoms with Crippen molar-refractivity contribution in [2.45, 2.75) is 12.1 Å². The lowest BCUT2D eigenvalue weighted by Gasteiger charge is -2.13.